The second kappa shape index (κ2) is 4.80. The normalized spacial score (nSPS) is 18.1. The smallest absolute Gasteiger partial charge is 0.308 e. The molecule has 0 saturated heterocycles. The number of nitrogens with one attached hydrogen (secondary N) is 1. The first-order chi connectivity index (χ1) is 8.49. The van der Waals surface area contributed by atoms with Gasteiger partial charge >= 0.3 is 5.97 Å². The topological polar surface area (TPSA) is 92.4 Å². The highest BCUT2D eigenvalue weighted by Gasteiger charge is 2.29. The van der Waals surface area contributed by atoms with E-state index < -0.39 is 23.8 Å². The number of nitrogens with zero attached hydrogens (tertiary/aromatic N) is 1. The monoisotopic (exact) mass is 252 g/mol. The fourth-order valence-electron chi connectivity index (χ4n) is 1.58. The van der Waals surface area contributed by atoms with Crippen molar-refractivity contribution in [1.82, 2.24) is 10.5 Å². The molecule has 0 spiro atoms. The van der Waals surface area contributed by atoms with Gasteiger partial charge in [-0.2, -0.15) is 0 Å². The van der Waals surface area contributed by atoms with E-state index in [1.807, 2.05) is 0 Å². The molecule has 1 amide bonds. The van der Waals surface area contributed by atoms with Gasteiger partial charge in [0.05, 0.1) is 11.6 Å². The van der Waals surface area contributed by atoms with Gasteiger partial charge in [-0.15, -0.1) is 0 Å². The third-order valence-corrected chi connectivity index (χ3v) is 3.25. The van der Waals surface area contributed by atoms with Crippen LogP contribution in [-0.2, 0) is 4.79 Å². The maximum atomic E-state index is 11.8. The van der Waals surface area contributed by atoms with Crippen molar-refractivity contribution >= 4 is 11.9 Å². The number of carbonyl (C=O) groups excluding carboxylic acids is 1. The van der Waals surface area contributed by atoms with Crippen LogP contribution in [0.2, 0.25) is 0 Å². The Labute approximate surface area is 104 Å². The molecule has 0 aromatic carbocycles. The van der Waals surface area contributed by atoms with Gasteiger partial charge < -0.3 is 14.9 Å². The zero-order valence-corrected chi connectivity index (χ0v) is 10.3. The average molecular weight is 252 g/mol. The first-order valence-corrected chi connectivity index (χ1v) is 5.99. The average Bonchev–Trinajstić information content (AvgIpc) is 3.05. The van der Waals surface area contributed by atoms with Crippen molar-refractivity contribution in [3.05, 3.63) is 17.5 Å². The number of aromatic nitrogens is 1. The van der Waals surface area contributed by atoms with E-state index in [0.29, 0.717) is 5.92 Å². The third kappa shape index (κ3) is 2.69. The van der Waals surface area contributed by atoms with Crippen molar-refractivity contribution in [2.45, 2.75) is 38.6 Å². The summed E-state index contributed by atoms with van der Waals surface area (Å²) in [6, 6.07) is 1.16. The van der Waals surface area contributed by atoms with E-state index in [-0.39, 0.29) is 5.76 Å². The predicted molar refractivity (Wildman–Crippen MR) is 62.2 cm³/mol. The van der Waals surface area contributed by atoms with E-state index in [1.54, 1.807) is 19.9 Å². The Morgan fingerprint density at radius 1 is 1.50 bits per heavy atom. The maximum Gasteiger partial charge on any atom is 0.308 e. The van der Waals surface area contributed by atoms with E-state index in [1.165, 1.54) is 0 Å². The maximum absolute atomic E-state index is 11.8. The Bertz CT molecular complexity index is 464. The van der Waals surface area contributed by atoms with E-state index in [9.17, 15) is 9.59 Å². The molecule has 1 aromatic rings. The standard InChI is InChI=1S/C12H16N2O4/c1-6(12(16)17)7(2)13-11(15)10-5-9(14-18-10)8-3-4-8/h5-8H,3-4H2,1-2H3,(H,13,15)(H,16,17). The van der Waals surface area contributed by atoms with Gasteiger partial charge in [0, 0.05) is 18.0 Å². The Morgan fingerprint density at radius 3 is 2.72 bits per heavy atom. The van der Waals surface area contributed by atoms with Crippen molar-refractivity contribution in [1.29, 1.82) is 0 Å². The molecular formula is C12H16N2O4. The Kier molecular flexibility index (Phi) is 3.36. The Hall–Kier alpha value is -1.85. The van der Waals surface area contributed by atoms with Crippen molar-refractivity contribution in [2.75, 3.05) is 0 Å². The summed E-state index contributed by atoms with van der Waals surface area (Å²) >= 11 is 0. The fraction of sp³-hybridized carbons (Fsp3) is 0.583. The lowest BCUT2D eigenvalue weighted by atomic mass is 10.0. The van der Waals surface area contributed by atoms with Crippen LogP contribution in [0.25, 0.3) is 0 Å². The highest BCUT2D eigenvalue weighted by Crippen LogP contribution is 2.39. The van der Waals surface area contributed by atoms with Crippen LogP contribution in [-0.4, -0.2) is 28.2 Å². The highest BCUT2D eigenvalue weighted by atomic mass is 16.5. The quantitative estimate of drug-likeness (QED) is 0.826. The highest BCUT2D eigenvalue weighted by molar-refractivity contribution is 5.92. The minimum atomic E-state index is -0.945. The molecule has 1 aliphatic carbocycles. The molecule has 2 unspecified atom stereocenters. The van der Waals surface area contributed by atoms with E-state index in [2.05, 4.69) is 10.5 Å². The summed E-state index contributed by atoms with van der Waals surface area (Å²) in [5, 5.41) is 15.3. The van der Waals surface area contributed by atoms with Crippen LogP contribution in [0.1, 0.15) is 48.9 Å². The zero-order valence-electron chi connectivity index (χ0n) is 10.3. The van der Waals surface area contributed by atoms with E-state index in [4.69, 9.17) is 9.63 Å². The lowest BCUT2D eigenvalue weighted by Crippen LogP contribution is -2.39. The van der Waals surface area contributed by atoms with E-state index >= 15 is 0 Å². The summed E-state index contributed by atoms with van der Waals surface area (Å²) in [4.78, 5) is 22.6. The number of aliphatic carboxylic acids is 1. The lowest BCUT2D eigenvalue weighted by molar-refractivity contribution is -0.141. The predicted octanol–water partition coefficient (Wildman–Crippen LogP) is 1.39. The zero-order chi connectivity index (χ0) is 13.3. The minimum Gasteiger partial charge on any atom is -0.481 e. The summed E-state index contributed by atoms with van der Waals surface area (Å²) in [5.41, 5.74) is 0.805. The molecule has 1 saturated carbocycles. The van der Waals surface area contributed by atoms with Crippen molar-refractivity contribution < 1.29 is 19.2 Å². The van der Waals surface area contributed by atoms with Gasteiger partial charge in [-0.05, 0) is 26.7 Å². The molecule has 0 aliphatic heterocycles. The number of rotatable bonds is 5. The lowest BCUT2D eigenvalue weighted by Gasteiger charge is -2.16. The van der Waals surface area contributed by atoms with Crippen LogP contribution in [0, 0.1) is 5.92 Å². The summed E-state index contributed by atoms with van der Waals surface area (Å²) in [5.74, 6) is -1.46. The number of carbonyl (C=O) groups is 2. The summed E-state index contributed by atoms with van der Waals surface area (Å²) in [6.45, 7) is 3.19. The van der Waals surface area contributed by atoms with Crippen LogP contribution >= 0.6 is 0 Å². The number of hydrogen-bond acceptors (Lipinski definition) is 4. The molecule has 1 heterocycles. The molecule has 1 aromatic heterocycles. The van der Waals surface area contributed by atoms with Gasteiger partial charge in [0.15, 0.2) is 0 Å². The van der Waals surface area contributed by atoms with Gasteiger partial charge in [0.25, 0.3) is 5.91 Å². The first-order valence-electron chi connectivity index (χ1n) is 5.99. The van der Waals surface area contributed by atoms with Crippen LogP contribution in [0.5, 0.6) is 0 Å². The van der Waals surface area contributed by atoms with Crippen molar-refractivity contribution in [3.63, 3.8) is 0 Å². The summed E-state index contributed by atoms with van der Waals surface area (Å²) < 4.78 is 4.96. The van der Waals surface area contributed by atoms with Gasteiger partial charge in [-0.3, -0.25) is 9.59 Å². The SMILES string of the molecule is CC(NC(=O)c1cc(C2CC2)no1)C(C)C(=O)O. The van der Waals surface area contributed by atoms with Crippen LogP contribution < -0.4 is 5.32 Å². The number of carboxylic acids is 1. The van der Waals surface area contributed by atoms with Crippen LogP contribution in [0.3, 0.4) is 0 Å². The number of carboxylic acid groups (broad SMARTS) is 1. The second-order valence-corrected chi connectivity index (χ2v) is 4.78. The Balaban J connectivity index is 1.95. The molecule has 6 nitrogen and oxygen atoms in total. The van der Waals surface area contributed by atoms with Crippen molar-refractivity contribution in [2.24, 2.45) is 5.92 Å². The molecule has 18 heavy (non-hydrogen) atoms. The fourth-order valence-corrected chi connectivity index (χ4v) is 1.58. The molecule has 1 fully saturated rings. The van der Waals surface area contributed by atoms with Gasteiger partial charge in [-0.1, -0.05) is 5.16 Å². The van der Waals surface area contributed by atoms with Crippen LogP contribution in [0.4, 0.5) is 0 Å². The minimum absolute atomic E-state index is 0.140. The van der Waals surface area contributed by atoms with Crippen LogP contribution in [0.15, 0.2) is 10.6 Å². The summed E-state index contributed by atoms with van der Waals surface area (Å²) in [7, 11) is 0. The summed E-state index contributed by atoms with van der Waals surface area (Å²) in [6.07, 6.45) is 2.17. The largest absolute Gasteiger partial charge is 0.481 e. The molecule has 2 rings (SSSR count). The molecule has 0 bridgehead atoms. The van der Waals surface area contributed by atoms with Gasteiger partial charge in [0.1, 0.15) is 0 Å². The Morgan fingerprint density at radius 2 is 2.17 bits per heavy atom. The van der Waals surface area contributed by atoms with E-state index in [0.717, 1.165) is 18.5 Å². The molecule has 0 radical (unpaired) electrons. The molecule has 2 atom stereocenters. The van der Waals surface area contributed by atoms with Gasteiger partial charge in [0.2, 0.25) is 5.76 Å². The molecule has 1 aliphatic rings. The number of amides is 1. The number of hydrogen-bond donors (Lipinski definition) is 2. The second-order valence-electron chi connectivity index (χ2n) is 4.78. The van der Waals surface area contributed by atoms with Crippen molar-refractivity contribution in [3.8, 4) is 0 Å². The third-order valence-electron chi connectivity index (χ3n) is 3.25. The first kappa shape index (κ1) is 12.6. The molecule has 2 N–H and O–H groups in total. The molecule has 98 valence electrons. The molecular weight excluding hydrogens is 236 g/mol. The molecule has 6 heteroatoms. The van der Waals surface area contributed by atoms with Gasteiger partial charge in [-0.25, -0.2) is 0 Å².